The molecule has 1 aromatic carbocycles. The van der Waals surface area contributed by atoms with Crippen molar-refractivity contribution in [2.45, 2.75) is 26.9 Å². The number of carboxylic acid groups (broad SMARTS) is 1. The minimum Gasteiger partial charge on any atom is -0.475 e. The average Bonchev–Trinajstić information content (AvgIpc) is 3.57. The van der Waals surface area contributed by atoms with Crippen LogP contribution in [0.15, 0.2) is 53.4 Å². The van der Waals surface area contributed by atoms with Gasteiger partial charge in [0.05, 0.1) is 23.1 Å². The first kappa shape index (κ1) is 27.0. The van der Waals surface area contributed by atoms with Crippen LogP contribution < -0.4 is 5.32 Å². The van der Waals surface area contributed by atoms with Crippen molar-refractivity contribution in [1.82, 2.24) is 39.7 Å². The topological polar surface area (TPSA) is 150 Å². The van der Waals surface area contributed by atoms with Crippen LogP contribution in [0.4, 0.5) is 24.8 Å². The molecule has 0 radical (unpaired) electrons. The second-order valence-corrected chi connectivity index (χ2v) is 8.22. The number of nitrogens with one attached hydrogen (secondary N) is 1. The molecule has 39 heavy (non-hydrogen) atoms. The molecule has 12 nitrogen and oxygen atoms in total. The molecule has 202 valence electrons. The highest BCUT2D eigenvalue weighted by atomic mass is 19.4. The third-order valence-electron chi connectivity index (χ3n) is 5.24. The Morgan fingerprint density at radius 1 is 1.08 bits per heavy atom. The summed E-state index contributed by atoms with van der Waals surface area (Å²) in [5, 5.41) is 23.3. The molecule has 4 heterocycles. The number of anilines is 2. The Hall–Kier alpha value is -5.08. The molecule has 0 saturated carbocycles. The van der Waals surface area contributed by atoms with Crippen molar-refractivity contribution in [3.8, 4) is 28.2 Å². The normalized spacial score (nSPS) is 11.2. The third-order valence-corrected chi connectivity index (χ3v) is 5.24. The Balaban J connectivity index is 0.000000448. The van der Waals surface area contributed by atoms with E-state index in [2.05, 4.69) is 35.6 Å². The van der Waals surface area contributed by atoms with Gasteiger partial charge < -0.3 is 14.9 Å². The first-order chi connectivity index (χ1) is 18.4. The summed E-state index contributed by atoms with van der Waals surface area (Å²) in [6, 6.07) is 9.64. The van der Waals surface area contributed by atoms with Gasteiger partial charge in [0.1, 0.15) is 23.1 Å². The Kier molecular flexibility index (Phi) is 7.42. The Morgan fingerprint density at radius 2 is 1.77 bits per heavy atom. The number of aliphatic carboxylic acids is 1. The summed E-state index contributed by atoms with van der Waals surface area (Å²) in [5.74, 6) is -0.0149. The molecule has 0 fully saturated rings. The van der Waals surface area contributed by atoms with Crippen molar-refractivity contribution in [3.05, 3.63) is 66.3 Å². The summed E-state index contributed by atoms with van der Waals surface area (Å²) in [5.41, 5.74) is 4.87. The van der Waals surface area contributed by atoms with Crippen molar-refractivity contribution in [3.63, 3.8) is 0 Å². The fourth-order valence-corrected chi connectivity index (χ4v) is 3.57. The summed E-state index contributed by atoms with van der Waals surface area (Å²) in [4.78, 5) is 22.2. The minimum atomic E-state index is -5.08. The van der Waals surface area contributed by atoms with E-state index in [9.17, 15) is 13.2 Å². The summed E-state index contributed by atoms with van der Waals surface area (Å²) < 4.78 is 40.7. The summed E-state index contributed by atoms with van der Waals surface area (Å²) in [7, 11) is 1.87. The standard InChI is InChI=1S/C22H21N9O.C2HF3O2/c1-13-20(16-11-24-30(4)12-16)21(29-32-13)19-9-10-23-22(27-19)26-17-5-7-18(8-6-17)31-15(3)25-14(2)28-31;3-2(4,5)1(6)7/h5-12H,1-4H3,(H,23,26,27);(H,6,7). The highest BCUT2D eigenvalue weighted by Crippen LogP contribution is 2.33. The molecule has 0 saturated heterocycles. The minimum absolute atomic E-state index is 0.459. The number of aromatic nitrogens is 8. The van der Waals surface area contributed by atoms with Crippen LogP contribution in [0.25, 0.3) is 28.2 Å². The van der Waals surface area contributed by atoms with E-state index in [-0.39, 0.29) is 0 Å². The molecule has 0 spiro atoms. The van der Waals surface area contributed by atoms with E-state index in [0.29, 0.717) is 23.1 Å². The highest BCUT2D eigenvalue weighted by molar-refractivity contribution is 5.80. The molecular formula is C24H22F3N9O3. The van der Waals surface area contributed by atoms with Crippen LogP contribution in [-0.4, -0.2) is 56.9 Å². The number of carbonyl (C=O) groups is 1. The number of nitrogens with zero attached hydrogens (tertiary/aromatic N) is 8. The Morgan fingerprint density at radius 3 is 2.33 bits per heavy atom. The van der Waals surface area contributed by atoms with Crippen LogP contribution in [0.2, 0.25) is 0 Å². The first-order valence-corrected chi connectivity index (χ1v) is 11.3. The Bertz CT molecular complexity index is 1610. The zero-order valence-electron chi connectivity index (χ0n) is 21.1. The predicted octanol–water partition coefficient (Wildman–Crippen LogP) is 4.41. The number of hydrogen-bond donors (Lipinski definition) is 2. The van der Waals surface area contributed by atoms with Crippen LogP contribution in [0.3, 0.4) is 0 Å². The number of hydrogen-bond acceptors (Lipinski definition) is 9. The van der Waals surface area contributed by atoms with Gasteiger partial charge in [-0.15, -0.1) is 0 Å². The summed E-state index contributed by atoms with van der Waals surface area (Å²) in [6.45, 7) is 5.68. The van der Waals surface area contributed by atoms with Crippen LogP contribution in [0, 0.1) is 20.8 Å². The molecule has 2 N–H and O–H groups in total. The fourth-order valence-electron chi connectivity index (χ4n) is 3.57. The van der Waals surface area contributed by atoms with Gasteiger partial charge in [0.25, 0.3) is 0 Å². The van der Waals surface area contributed by atoms with Crippen LogP contribution in [0.1, 0.15) is 17.4 Å². The lowest BCUT2D eigenvalue weighted by Gasteiger charge is -2.08. The third kappa shape index (κ3) is 6.26. The quantitative estimate of drug-likeness (QED) is 0.327. The van der Waals surface area contributed by atoms with E-state index in [0.717, 1.165) is 34.2 Å². The highest BCUT2D eigenvalue weighted by Gasteiger charge is 2.38. The van der Waals surface area contributed by atoms with Crippen LogP contribution in [-0.2, 0) is 11.8 Å². The molecule has 0 amide bonds. The van der Waals surface area contributed by atoms with Crippen molar-refractivity contribution in [1.29, 1.82) is 0 Å². The maximum absolute atomic E-state index is 10.6. The second-order valence-electron chi connectivity index (χ2n) is 8.22. The van der Waals surface area contributed by atoms with E-state index in [1.54, 1.807) is 23.1 Å². The predicted molar refractivity (Wildman–Crippen MR) is 132 cm³/mol. The average molecular weight is 541 g/mol. The van der Waals surface area contributed by atoms with E-state index in [4.69, 9.17) is 14.4 Å². The van der Waals surface area contributed by atoms with Gasteiger partial charge in [0, 0.05) is 30.7 Å². The summed E-state index contributed by atoms with van der Waals surface area (Å²) >= 11 is 0. The maximum atomic E-state index is 10.6. The SMILES string of the molecule is Cc1nc(C)n(-c2ccc(Nc3nccc(-c4noc(C)c4-c4cnn(C)c4)n3)cc2)n1.O=C(O)C(F)(F)F. The van der Waals surface area contributed by atoms with Crippen molar-refractivity contribution in [2.75, 3.05) is 5.32 Å². The first-order valence-electron chi connectivity index (χ1n) is 11.3. The Labute approximate surface area is 219 Å². The molecule has 0 atom stereocenters. The van der Waals surface area contributed by atoms with Crippen molar-refractivity contribution in [2.24, 2.45) is 7.05 Å². The second kappa shape index (κ2) is 10.7. The van der Waals surface area contributed by atoms with Gasteiger partial charge in [-0.3, -0.25) is 4.68 Å². The number of aryl methyl sites for hydroxylation is 4. The van der Waals surface area contributed by atoms with Crippen molar-refractivity contribution < 1.29 is 27.6 Å². The van der Waals surface area contributed by atoms with Gasteiger partial charge in [0.15, 0.2) is 0 Å². The lowest BCUT2D eigenvalue weighted by Crippen LogP contribution is -2.21. The number of carboxylic acids is 1. The zero-order valence-corrected chi connectivity index (χ0v) is 21.1. The molecule has 15 heteroatoms. The van der Waals surface area contributed by atoms with Gasteiger partial charge in [-0.25, -0.2) is 24.4 Å². The molecule has 5 rings (SSSR count). The largest absolute Gasteiger partial charge is 0.490 e. The van der Waals surface area contributed by atoms with Gasteiger partial charge >= 0.3 is 12.1 Å². The van der Waals surface area contributed by atoms with Gasteiger partial charge in [-0.05, 0) is 51.1 Å². The summed E-state index contributed by atoms with van der Waals surface area (Å²) in [6.07, 6.45) is 0.310. The van der Waals surface area contributed by atoms with E-state index >= 15 is 0 Å². The van der Waals surface area contributed by atoms with Crippen LogP contribution in [0.5, 0.6) is 0 Å². The molecular weight excluding hydrogens is 519 g/mol. The number of benzene rings is 1. The molecule has 0 aliphatic heterocycles. The van der Waals surface area contributed by atoms with Crippen LogP contribution >= 0.6 is 0 Å². The maximum Gasteiger partial charge on any atom is 0.490 e. The molecule has 0 unspecified atom stereocenters. The van der Waals surface area contributed by atoms with Crippen molar-refractivity contribution >= 4 is 17.6 Å². The molecule has 0 aliphatic carbocycles. The number of halogens is 3. The lowest BCUT2D eigenvalue weighted by molar-refractivity contribution is -0.192. The fraction of sp³-hybridized carbons (Fsp3) is 0.208. The monoisotopic (exact) mass is 541 g/mol. The van der Waals surface area contributed by atoms with E-state index in [1.807, 2.05) is 63.0 Å². The van der Waals surface area contributed by atoms with Gasteiger partial charge in [0.2, 0.25) is 5.95 Å². The molecule has 0 aliphatic rings. The zero-order chi connectivity index (χ0) is 28.3. The number of rotatable bonds is 5. The smallest absolute Gasteiger partial charge is 0.475 e. The van der Waals surface area contributed by atoms with E-state index < -0.39 is 12.1 Å². The molecule has 4 aromatic heterocycles. The number of alkyl halides is 3. The van der Waals surface area contributed by atoms with E-state index in [1.165, 1.54) is 0 Å². The van der Waals surface area contributed by atoms with Gasteiger partial charge in [-0.2, -0.15) is 23.4 Å². The molecule has 5 aromatic rings. The molecule has 0 bridgehead atoms. The lowest BCUT2D eigenvalue weighted by atomic mass is 10.1. The van der Waals surface area contributed by atoms with Gasteiger partial charge in [-0.1, -0.05) is 5.16 Å².